The number of hydrogen-bond donors (Lipinski definition) is 1. The summed E-state index contributed by atoms with van der Waals surface area (Å²) in [7, 11) is 1.99. The third-order valence-corrected chi connectivity index (χ3v) is 1.46. The first-order chi connectivity index (χ1) is 4.18. The van der Waals surface area contributed by atoms with Crippen molar-refractivity contribution in [3.63, 3.8) is 0 Å². The van der Waals surface area contributed by atoms with Crippen LogP contribution in [-0.4, -0.2) is 13.1 Å². The van der Waals surface area contributed by atoms with Crippen molar-refractivity contribution in [3.8, 4) is 0 Å². The van der Waals surface area contributed by atoms with Crippen LogP contribution in [-0.2, 0) is 0 Å². The molecule has 0 aromatic heterocycles. The maximum absolute atomic E-state index is 3.16. The van der Waals surface area contributed by atoms with Crippen molar-refractivity contribution < 1.29 is 0 Å². The summed E-state index contributed by atoms with van der Waals surface area (Å²) < 4.78 is 0. The quantitative estimate of drug-likeness (QED) is 0.606. The smallest absolute Gasteiger partial charge is 0.00587 e. The highest BCUT2D eigenvalue weighted by molar-refractivity contribution is 4.59. The van der Waals surface area contributed by atoms with Crippen LogP contribution in [0.4, 0.5) is 0 Å². The lowest BCUT2D eigenvalue weighted by Gasteiger charge is -2.12. The van der Waals surface area contributed by atoms with Gasteiger partial charge in [-0.3, -0.25) is 0 Å². The summed E-state index contributed by atoms with van der Waals surface area (Å²) in [5, 5.41) is 3.16. The number of hydrogen-bond acceptors (Lipinski definition) is 1. The van der Waals surface area contributed by atoms with Crippen LogP contribution in [0.2, 0.25) is 0 Å². The minimum atomic E-state index is 0.653. The van der Waals surface area contributed by atoms with Crippen LogP contribution in [0.1, 0.15) is 34.6 Å². The summed E-state index contributed by atoms with van der Waals surface area (Å²) in [6.07, 6.45) is 0. The summed E-state index contributed by atoms with van der Waals surface area (Å²) in [5.41, 5.74) is 0. The first-order valence-corrected chi connectivity index (χ1v) is 3.85. The monoisotopic (exact) mass is 131 g/mol. The van der Waals surface area contributed by atoms with Crippen LogP contribution in [0.25, 0.3) is 0 Å². The Hall–Kier alpha value is -0.0400. The molecule has 9 heavy (non-hydrogen) atoms. The van der Waals surface area contributed by atoms with Crippen LogP contribution >= 0.6 is 0 Å². The Morgan fingerprint density at radius 2 is 1.33 bits per heavy atom. The van der Waals surface area contributed by atoms with Crippen LogP contribution in [0, 0.1) is 5.92 Å². The van der Waals surface area contributed by atoms with Gasteiger partial charge in [-0.25, -0.2) is 0 Å². The zero-order chi connectivity index (χ0) is 7.86. The van der Waals surface area contributed by atoms with Crippen LogP contribution in [0.5, 0.6) is 0 Å². The zero-order valence-corrected chi connectivity index (χ0v) is 7.65. The predicted octanol–water partition coefficient (Wildman–Crippen LogP) is 2.28. The van der Waals surface area contributed by atoms with E-state index in [9.17, 15) is 0 Å². The van der Waals surface area contributed by atoms with Gasteiger partial charge in [0.15, 0.2) is 0 Å². The highest BCUT2D eigenvalue weighted by Crippen LogP contribution is 1.96. The minimum Gasteiger partial charge on any atom is -0.317 e. The molecule has 0 spiro atoms. The molecule has 1 nitrogen and oxygen atoms in total. The molecule has 0 amide bonds. The van der Waals surface area contributed by atoms with Crippen molar-refractivity contribution in [1.29, 1.82) is 0 Å². The second-order valence-corrected chi connectivity index (χ2v) is 2.32. The Morgan fingerprint density at radius 3 is 1.33 bits per heavy atom. The molecule has 0 aliphatic heterocycles. The first kappa shape index (κ1) is 11.7. The van der Waals surface area contributed by atoms with Crippen LogP contribution < -0.4 is 5.32 Å². The molecule has 0 bridgehead atoms. The Morgan fingerprint density at radius 1 is 1.00 bits per heavy atom. The van der Waals surface area contributed by atoms with Crippen molar-refractivity contribution >= 4 is 0 Å². The van der Waals surface area contributed by atoms with Crippen LogP contribution in [0.3, 0.4) is 0 Å². The molecule has 0 saturated carbocycles. The van der Waals surface area contributed by atoms with E-state index in [1.165, 1.54) is 0 Å². The molecule has 0 radical (unpaired) electrons. The molecule has 0 aromatic rings. The maximum atomic E-state index is 3.16. The fourth-order valence-corrected chi connectivity index (χ4v) is 0.333. The average molecular weight is 131 g/mol. The molecule has 0 aliphatic rings. The molecule has 0 rings (SSSR count). The van der Waals surface area contributed by atoms with Gasteiger partial charge in [-0.1, -0.05) is 27.7 Å². The summed E-state index contributed by atoms with van der Waals surface area (Å²) in [4.78, 5) is 0. The van der Waals surface area contributed by atoms with E-state index in [2.05, 4.69) is 26.1 Å². The molecule has 0 unspecified atom stereocenters. The van der Waals surface area contributed by atoms with Gasteiger partial charge in [0.05, 0.1) is 0 Å². The van der Waals surface area contributed by atoms with Gasteiger partial charge >= 0.3 is 0 Å². The first-order valence-electron chi connectivity index (χ1n) is 3.85. The SMILES string of the molecule is CC.CN[C@@H](C)C(C)C. The third kappa shape index (κ3) is 7.96. The third-order valence-electron chi connectivity index (χ3n) is 1.46. The van der Waals surface area contributed by atoms with Crippen molar-refractivity contribution in [2.24, 2.45) is 5.92 Å². The molecular formula is C8H21N. The molecule has 58 valence electrons. The van der Waals surface area contributed by atoms with E-state index in [0.717, 1.165) is 5.92 Å². The van der Waals surface area contributed by atoms with E-state index < -0.39 is 0 Å². The van der Waals surface area contributed by atoms with E-state index >= 15 is 0 Å². The Bertz CT molecular complexity index is 41.8. The lowest BCUT2D eigenvalue weighted by Crippen LogP contribution is -2.26. The Labute approximate surface area is 59.8 Å². The lowest BCUT2D eigenvalue weighted by atomic mass is 10.1. The zero-order valence-electron chi connectivity index (χ0n) is 7.65. The summed E-state index contributed by atoms with van der Waals surface area (Å²) >= 11 is 0. The normalized spacial score (nSPS) is 12.3. The molecule has 0 heterocycles. The molecule has 1 heteroatoms. The summed E-state index contributed by atoms with van der Waals surface area (Å²) in [6.45, 7) is 10.6. The van der Waals surface area contributed by atoms with Crippen molar-refractivity contribution in [2.75, 3.05) is 7.05 Å². The van der Waals surface area contributed by atoms with Gasteiger partial charge in [0, 0.05) is 6.04 Å². The second-order valence-electron chi connectivity index (χ2n) is 2.32. The predicted molar refractivity (Wildman–Crippen MR) is 44.7 cm³/mol. The van der Waals surface area contributed by atoms with E-state index in [0.29, 0.717) is 6.04 Å². The van der Waals surface area contributed by atoms with Gasteiger partial charge in [-0.2, -0.15) is 0 Å². The van der Waals surface area contributed by atoms with E-state index in [4.69, 9.17) is 0 Å². The van der Waals surface area contributed by atoms with E-state index in [1.807, 2.05) is 20.9 Å². The fraction of sp³-hybridized carbons (Fsp3) is 1.00. The second kappa shape index (κ2) is 7.96. The Balaban J connectivity index is 0. The maximum Gasteiger partial charge on any atom is 0.00587 e. The summed E-state index contributed by atoms with van der Waals surface area (Å²) in [6, 6.07) is 0.653. The van der Waals surface area contributed by atoms with Gasteiger partial charge in [-0.15, -0.1) is 0 Å². The topological polar surface area (TPSA) is 12.0 Å². The van der Waals surface area contributed by atoms with Gasteiger partial charge in [0.25, 0.3) is 0 Å². The van der Waals surface area contributed by atoms with Crippen molar-refractivity contribution in [3.05, 3.63) is 0 Å². The average Bonchev–Trinajstić information content (AvgIpc) is 1.91. The standard InChI is InChI=1S/C6H15N.C2H6/c1-5(2)6(3)7-4;1-2/h5-7H,1-4H3;1-2H3/t6-;/m0./s1. The molecular weight excluding hydrogens is 110 g/mol. The molecule has 1 atom stereocenters. The molecule has 0 aliphatic carbocycles. The van der Waals surface area contributed by atoms with E-state index in [1.54, 1.807) is 0 Å². The van der Waals surface area contributed by atoms with Gasteiger partial charge in [0.1, 0.15) is 0 Å². The molecule has 0 saturated heterocycles. The van der Waals surface area contributed by atoms with Crippen LogP contribution in [0.15, 0.2) is 0 Å². The molecule has 0 aromatic carbocycles. The lowest BCUT2D eigenvalue weighted by molar-refractivity contribution is 0.459. The molecule has 1 N–H and O–H groups in total. The highest BCUT2D eigenvalue weighted by Gasteiger charge is 2.00. The highest BCUT2D eigenvalue weighted by atomic mass is 14.9. The number of nitrogens with one attached hydrogen (secondary N) is 1. The van der Waals surface area contributed by atoms with Gasteiger partial charge in [0.2, 0.25) is 0 Å². The fourth-order valence-electron chi connectivity index (χ4n) is 0.333. The largest absolute Gasteiger partial charge is 0.317 e. The van der Waals surface area contributed by atoms with Gasteiger partial charge < -0.3 is 5.32 Å². The Kier molecular flexibility index (Phi) is 10.4. The minimum absolute atomic E-state index is 0.653. The number of rotatable bonds is 2. The van der Waals surface area contributed by atoms with Crippen molar-refractivity contribution in [1.82, 2.24) is 5.32 Å². The van der Waals surface area contributed by atoms with Crippen molar-refractivity contribution in [2.45, 2.75) is 40.7 Å². The summed E-state index contributed by atoms with van der Waals surface area (Å²) in [5.74, 6) is 0.755. The van der Waals surface area contributed by atoms with Gasteiger partial charge in [-0.05, 0) is 19.9 Å². The molecule has 0 fully saturated rings. The van der Waals surface area contributed by atoms with E-state index in [-0.39, 0.29) is 0 Å².